The van der Waals surface area contributed by atoms with E-state index in [0.717, 1.165) is 38.0 Å². The van der Waals surface area contributed by atoms with E-state index in [-0.39, 0.29) is 6.10 Å². The van der Waals surface area contributed by atoms with E-state index in [4.69, 9.17) is 4.74 Å². The smallest absolute Gasteiger partial charge is 0.159 e. The van der Waals surface area contributed by atoms with E-state index in [1.54, 1.807) is 0 Å². The van der Waals surface area contributed by atoms with Crippen LogP contribution in [0.5, 0.6) is 0 Å². The summed E-state index contributed by atoms with van der Waals surface area (Å²) in [6.07, 6.45) is 4.87. The highest BCUT2D eigenvalue weighted by molar-refractivity contribution is 5.18. The summed E-state index contributed by atoms with van der Waals surface area (Å²) in [6.45, 7) is 0.809. The Morgan fingerprint density at radius 2 is 2.11 bits per heavy atom. The molecule has 2 rings (SSSR count). The molecule has 2 unspecified atom stereocenters. The fourth-order valence-corrected chi connectivity index (χ4v) is 2.45. The first-order chi connectivity index (χ1) is 9.15. The zero-order chi connectivity index (χ0) is 13.7. The van der Waals surface area contributed by atoms with Crippen LogP contribution in [0.3, 0.4) is 0 Å². The van der Waals surface area contributed by atoms with Gasteiger partial charge in [-0.05, 0) is 56.2 Å². The highest BCUT2D eigenvalue weighted by atomic mass is 19.2. The molecular formula is C15H20F2O2. The maximum Gasteiger partial charge on any atom is 0.159 e. The number of rotatable bonds is 5. The SMILES string of the molecule is OC(CCC1CCCCO1)Cc1ccc(F)c(F)c1. The summed E-state index contributed by atoms with van der Waals surface area (Å²) >= 11 is 0. The predicted molar refractivity (Wildman–Crippen MR) is 68.9 cm³/mol. The van der Waals surface area contributed by atoms with Crippen LogP contribution in [0.25, 0.3) is 0 Å². The lowest BCUT2D eigenvalue weighted by molar-refractivity contribution is 0.00233. The Kier molecular flexibility index (Phi) is 5.28. The summed E-state index contributed by atoms with van der Waals surface area (Å²) in [5.74, 6) is -1.71. The maximum atomic E-state index is 13.0. The summed E-state index contributed by atoms with van der Waals surface area (Å²) in [5.41, 5.74) is 0.621. The minimum absolute atomic E-state index is 0.244. The lowest BCUT2D eigenvalue weighted by atomic mass is 9.99. The summed E-state index contributed by atoms with van der Waals surface area (Å²) in [7, 11) is 0. The van der Waals surface area contributed by atoms with Crippen LogP contribution in [0.15, 0.2) is 18.2 Å². The molecule has 0 radical (unpaired) electrons. The topological polar surface area (TPSA) is 29.5 Å². The molecule has 19 heavy (non-hydrogen) atoms. The van der Waals surface area contributed by atoms with Crippen molar-refractivity contribution in [1.29, 1.82) is 0 Å². The lowest BCUT2D eigenvalue weighted by Crippen LogP contribution is -2.21. The van der Waals surface area contributed by atoms with Gasteiger partial charge in [-0.15, -0.1) is 0 Å². The molecule has 1 heterocycles. The molecule has 106 valence electrons. The van der Waals surface area contributed by atoms with E-state index in [2.05, 4.69) is 0 Å². The van der Waals surface area contributed by atoms with Crippen molar-refractivity contribution in [3.63, 3.8) is 0 Å². The van der Waals surface area contributed by atoms with Gasteiger partial charge in [0.1, 0.15) is 0 Å². The fourth-order valence-electron chi connectivity index (χ4n) is 2.45. The van der Waals surface area contributed by atoms with Crippen LogP contribution in [0, 0.1) is 11.6 Å². The average Bonchev–Trinajstić information content (AvgIpc) is 2.42. The van der Waals surface area contributed by atoms with Crippen molar-refractivity contribution in [2.45, 2.75) is 50.7 Å². The Labute approximate surface area is 112 Å². The summed E-state index contributed by atoms with van der Waals surface area (Å²) in [5, 5.41) is 9.92. The third kappa shape index (κ3) is 4.55. The Bertz CT molecular complexity index is 403. The van der Waals surface area contributed by atoms with Gasteiger partial charge in [0.05, 0.1) is 12.2 Å². The summed E-state index contributed by atoms with van der Waals surface area (Å²) in [4.78, 5) is 0. The van der Waals surface area contributed by atoms with Gasteiger partial charge in [-0.1, -0.05) is 6.07 Å². The van der Waals surface area contributed by atoms with Crippen molar-refractivity contribution in [2.75, 3.05) is 6.61 Å². The molecule has 1 aliphatic heterocycles. The van der Waals surface area contributed by atoms with Crippen LogP contribution in [-0.2, 0) is 11.2 Å². The number of aliphatic hydroxyl groups excluding tert-OH is 1. The molecular weight excluding hydrogens is 250 g/mol. The third-order valence-electron chi connectivity index (χ3n) is 3.55. The molecule has 0 bridgehead atoms. The van der Waals surface area contributed by atoms with Gasteiger partial charge >= 0.3 is 0 Å². The minimum atomic E-state index is -0.861. The Morgan fingerprint density at radius 3 is 2.79 bits per heavy atom. The molecule has 1 aliphatic rings. The predicted octanol–water partition coefficient (Wildman–Crippen LogP) is 3.22. The number of halogens is 2. The van der Waals surface area contributed by atoms with Gasteiger partial charge in [0, 0.05) is 6.61 Å². The molecule has 0 aromatic heterocycles. The molecule has 4 heteroatoms. The molecule has 0 aliphatic carbocycles. The van der Waals surface area contributed by atoms with E-state index in [1.807, 2.05) is 0 Å². The minimum Gasteiger partial charge on any atom is -0.393 e. The second-order valence-electron chi connectivity index (χ2n) is 5.17. The molecule has 1 saturated heterocycles. The number of hydrogen-bond acceptors (Lipinski definition) is 2. The van der Waals surface area contributed by atoms with Crippen LogP contribution in [0.4, 0.5) is 8.78 Å². The lowest BCUT2D eigenvalue weighted by Gasteiger charge is -2.23. The van der Waals surface area contributed by atoms with Crippen LogP contribution in [0.1, 0.15) is 37.7 Å². The Hall–Kier alpha value is -1.00. The number of hydrogen-bond donors (Lipinski definition) is 1. The standard InChI is InChI=1S/C15H20F2O2/c16-14-7-4-11(10-15(14)17)9-12(18)5-6-13-3-1-2-8-19-13/h4,7,10,12-13,18H,1-3,5-6,8-9H2. The van der Waals surface area contributed by atoms with Crippen LogP contribution < -0.4 is 0 Å². The normalized spacial score (nSPS) is 21.3. The zero-order valence-electron chi connectivity index (χ0n) is 10.9. The molecule has 0 amide bonds. The second kappa shape index (κ2) is 6.96. The molecule has 2 atom stereocenters. The second-order valence-corrected chi connectivity index (χ2v) is 5.17. The monoisotopic (exact) mass is 270 g/mol. The van der Waals surface area contributed by atoms with Gasteiger partial charge in [-0.2, -0.15) is 0 Å². The van der Waals surface area contributed by atoms with Gasteiger partial charge in [-0.25, -0.2) is 8.78 Å². The molecule has 1 N–H and O–H groups in total. The van der Waals surface area contributed by atoms with E-state index < -0.39 is 17.7 Å². The van der Waals surface area contributed by atoms with Crippen molar-refractivity contribution in [3.05, 3.63) is 35.4 Å². The molecule has 2 nitrogen and oxygen atoms in total. The number of aliphatic hydroxyl groups is 1. The van der Waals surface area contributed by atoms with Crippen molar-refractivity contribution in [3.8, 4) is 0 Å². The average molecular weight is 270 g/mol. The largest absolute Gasteiger partial charge is 0.393 e. The van der Waals surface area contributed by atoms with Crippen LogP contribution >= 0.6 is 0 Å². The maximum absolute atomic E-state index is 13.0. The first-order valence-corrected chi connectivity index (χ1v) is 6.89. The van der Waals surface area contributed by atoms with Crippen molar-refractivity contribution in [1.82, 2.24) is 0 Å². The Morgan fingerprint density at radius 1 is 1.26 bits per heavy atom. The quantitative estimate of drug-likeness (QED) is 0.890. The van der Waals surface area contributed by atoms with E-state index in [9.17, 15) is 13.9 Å². The molecule has 1 aromatic rings. The summed E-state index contributed by atoms with van der Waals surface area (Å²) in [6, 6.07) is 3.76. The van der Waals surface area contributed by atoms with Crippen LogP contribution in [-0.4, -0.2) is 23.9 Å². The molecule has 0 saturated carbocycles. The fraction of sp³-hybridized carbons (Fsp3) is 0.600. The van der Waals surface area contributed by atoms with Crippen molar-refractivity contribution in [2.24, 2.45) is 0 Å². The summed E-state index contributed by atoms with van der Waals surface area (Å²) < 4.78 is 31.4. The number of ether oxygens (including phenoxy) is 1. The highest BCUT2D eigenvalue weighted by Gasteiger charge is 2.16. The van der Waals surface area contributed by atoms with Crippen LogP contribution in [0.2, 0.25) is 0 Å². The van der Waals surface area contributed by atoms with Gasteiger partial charge in [-0.3, -0.25) is 0 Å². The molecule has 1 fully saturated rings. The first kappa shape index (κ1) is 14.4. The highest BCUT2D eigenvalue weighted by Crippen LogP contribution is 2.19. The Balaban J connectivity index is 1.76. The first-order valence-electron chi connectivity index (χ1n) is 6.89. The zero-order valence-corrected chi connectivity index (χ0v) is 10.9. The third-order valence-corrected chi connectivity index (χ3v) is 3.55. The van der Waals surface area contributed by atoms with E-state index in [0.29, 0.717) is 18.4 Å². The van der Waals surface area contributed by atoms with Gasteiger partial charge in [0.15, 0.2) is 11.6 Å². The van der Waals surface area contributed by atoms with Crippen molar-refractivity contribution >= 4 is 0 Å². The van der Waals surface area contributed by atoms with Gasteiger partial charge in [0.2, 0.25) is 0 Å². The van der Waals surface area contributed by atoms with Gasteiger partial charge < -0.3 is 9.84 Å². The van der Waals surface area contributed by atoms with Crippen molar-refractivity contribution < 1.29 is 18.6 Å². The van der Waals surface area contributed by atoms with E-state index in [1.165, 1.54) is 12.5 Å². The molecule has 0 spiro atoms. The number of benzene rings is 1. The molecule has 1 aromatic carbocycles. The van der Waals surface area contributed by atoms with E-state index >= 15 is 0 Å². The van der Waals surface area contributed by atoms with Gasteiger partial charge in [0.25, 0.3) is 0 Å².